The average molecular weight is 281 g/mol. The lowest BCUT2D eigenvalue weighted by atomic mass is 10.2. The minimum absolute atomic E-state index is 0.198. The number of aromatic nitrogens is 2. The number of halogens is 2. The molecule has 2 heterocycles. The van der Waals surface area contributed by atoms with Crippen LogP contribution in [-0.2, 0) is 11.3 Å². The SMILES string of the molecule is Fc1cc(Cl)ccc1-c1nccn1C[C@@H]1CCCO1. The Balaban J connectivity index is 1.90. The molecule has 0 N–H and O–H groups in total. The average Bonchev–Trinajstić information content (AvgIpc) is 3.02. The summed E-state index contributed by atoms with van der Waals surface area (Å²) in [5.41, 5.74) is 0.465. The molecule has 1 saturated heterocycles. The molecular formula is C14H14ClFN2O. The monoisotopic (exact) mass is 280 g/mol. The lowest BCUT2D eigenvalue weighted by molar-refractivity contribution is 0.0973. The Morgan fingerprint density at radius 1 is 1.47 bits per heavy atom. The second-order valence-corrected chi connectivity index (χ2v) is 5.10. The predicted molar refractivity (Wildman–Crippen MR) is 71.6 cm³/mol. The van der Waals surface area contributed by atoms with E-state index in [0.29, 0.717) is 23.0 Å². The van der Waals surface area contributed by atoms with E-state index in [4.69, 9.17) is 16.3 Å². The first-order valence-electron chi connectivity index (χ1n) is 6.32. The third kappa shape index (κ3) is 2.65. The van der Waals surface area contributed by atoms with Crippen LogP contribution in [0.1, 0.15) is 12.8 Å². The Bertz CT molecular complexity index is 579. The molecule has 1 aromatic heterocycles. The normalized spacial score (nSPS) is 18.9. The van der Waals surface area contributed by atoms with Crippen LogP contribution in [0.15, 0.2) is 30.6 Å². The van der Waals surface area contributed by atoms with Crippen LogP contribution < -0.4 is 0 Å². The summed E-state index contributed by atoms with van der Waals surface area (Å²) in [5, 5.41) is 0.387. The van der Waals surface area contributed by atoms with E-state index in [0.717, 1.165) is 19.4 Å². The van der Waals surface area contributed by atoms with Crippen LogP contribution in [0.4, 0.5) is 4.39 Å². The zero-order valence-electron chi connectivity index (χ0n) is 10.4. The van der Waals surface area contributed by atoms with Crippen LogP contribution in [0.3, 0.4) is 0 Å². The topological polar surface area (TPSA) is 27.1 Å². The Morgan fingerprint density at radius 2 is 2.37 bits per heavy atom. The number of hydrogen-bond acceptors (Lipinski definition) is 2. The summed E-state index contributed by atoms with van der Waals surface area (Å²) in [6.45, 7) is 1.52. The van der Waals surface area contributed by atoms with Gasteiger partial charge < -0.3 is 9.30 Å². The number of ether oxygens (including phenoxy) is 1. The molecule has 0 spiro atoms. The quantitative estimate of drug-likeness (QED) is 0.860. The predicted octanol–water partition coefficient (Wildman–Crippen LogP) is 3.52. The minimum Gasteiger partial charge on any atom is -0.376 e. The fraction of sp³-hybridized carbons (Fsp3) is 0.357. The van der Waals surface area contributed by atoms with Crippen molar-refractivity contribution in [3.8, 4) is 11.4 Å². The van der Waals surface area contributed by atoms with Gasteiger partial charge >= 0.3 is 0 Å². The van der Waals surface area contributed by atoms with Crippen molar-refractivity contribution < 1.29 is 9.13 Å². The fourth-order valence-electron chi connectivity index (χ4n) is 2.38. The van der Waals surface area contributed by atoms with Gasteiger partial charge in [0, 0.05) is 24.0 Å². The van der Waals surface area contributed by atoms with Gasteiger partial charge in [0.05, 0.1) is 18.2 Å². The van der Waals surface area contributed by atoms with E-state index in [-0.39, 0.29) is 11.9 Å². The molecule has 2 aromatic rings. The maximum absolute atomic E-state index is 13.9. The molecule has 3 rings (SSSR count). The smallest absolute Gasteiger partial charge is 0.142 e. The number of nitrogens with zero attached hydrogens (tertiary/aromatic N) is 2. The molecule has 3 nitrogen and oxygen atoms in total. The molecule has 1 aliphatic rings. The summed E-state index contributed by atoms with van der Waals surface area (Å²) in [5.74, 6) is 0.261. The first-order valence-corrected chi connectivity index (χ1v) is 6.70. The van der Waals surface area contributed by atoms with Gasteiger partial charge in [-0.2, -0.15) is 0 Å². The summed E-state index contributed by atoms with van der Waals surface area (Å²) in [7, 11) is 0. The van der Waals surface area contributed by atoms with Gasteiger partial charge in [0.1, 0.15) is 11.6 Å². The van der Waals surface area contributed by atoms with E-state index in [1.807, 2.05) is 10.8 Å². The number of benzene rings is 1. The van der Waals surface area contributed by atoms with Gasteiger partial charge in [-0.25, -0.2) is 9.37 Å². The van der Waals surface area contributed by atoms with E-state index in [1.54, 1.807) is 18.3 Å². The summed E-state index contributed by atoms with van der Waals surface area (Å²) < 4.78 is 21.5. The van der Waals surface area contributed by atoms with Gasteiger partial charge in [-0.15, -0.1) is 0 Å². The minimum atomic E-state index is -0.354. The lowest BCUT2D eigenvalue weighted by Crippen LogP contribution is -2.15. The summed E-state index contributed by atoms with van der Waals surface area (Å²) >= 11 is 5.77. The maximum Gasteiger partial charge on any atom is 0.142 e. The molecule has 1 aliphatic heterocycles. The van der Waals surface area contributed by atoms with Crippen LogP contribution in [-0.4, -0.2) is 22.3 Å². The van der Waals surface area contributed by atoms with Crippen LogP contribution in [0, 0.1) is 5.82 Å². The van der Waals surface area contributed by atoms with E-state index >= 15 is 0 Å². The Labute approximate surface area is 116 Å². The summed E-state index contributed by atoms with van der Waals surface area (Å²) in [4.78, 5) is 4.24. The van der Waals surface area contributed by atoms with Gasteiger partial charge in [0.2, 0.25) is 0 Å². The molecule has 5 heteroatoms. The van der Waals surface area contributed by atoms with E-state index < -0.39 is 0 Å². The molecule has 0 unspecified atom stereocenters. The van der Waals surface area contributed by atoms with Gasteiger partial charge in [0.25, 0.3) is 0 Å². The molecule has 1 aromatic carbocycles. The summed E-state index contributed by atoms with van der Waals surface area (Å²) in [6, 6.07) is 4.64. The molecule has 19 heavy (non-hydrogen) atoms. The van der Waals surface area contributed by atoms with E-state index in [9.17, 15) is 4.39 Å². The fourth-order valence-corrected chi connectivity index (χ4v) is 2.54. The van der Waals surface area contributed by atoms with Crippen molar-refractivity contribution in [3.63, 3.8) is 0 Å². The third-order valence-electron chi connectivity index (χ3n) is 3.31. The van der Waals surface area contributed by atoms with Gasteiger partial charge in [-0.3, -0.25) is 0 Å². The summed E-state index contributed by atoms with van der Waals surface area (Å²) in [6.07, 6.45) is 5.86. The molecule has 0 aliphatic carbocycles. The van der Waals surface area contributed by atoms with Crippen molar-refractivity contribution in [3.05, 3.63) is 41.4 Å². The second-order valence-electron chi connectivity index (χ2n) is 4.66. The maximum atomic E-state index is 13.9. The number of hydrogen-bond donors (Lipinski definition) is 0. The molecule has 0 radical (unpaired) electrons. The molecule has 1 atom stereocenters. The number of imidazole rings is 1. The molecule has 0 bridgehead atoms. The van der Waals surface area contributed by atoms with E-state index in [2.05, 4.69) is 4.98 Å². The first-order chi connectivity index (χ1) is 9.24. The molecule has 100 valence electrons. The van der Waals surface area contributed by atoms with Crippen molar-refractivity contribution in [1.29, 1.82) is 0 Å². The highest BCUT2D eigenvalue weighted by molar-refractivity contribution is 6.30. The Morgan fingerprint density at radius 3 is 3.11 bits per heavy atom. The largest absolute Gasteiger partial charge is 0.376 e. The zero-order chi connectivity index (χ0) is 13.2. The highest BCUT2D eigenvalue weighted by Gasteiger charge is 2.18. The van der Waals surface area contributed by atoms with Crippen LogP contribution in [0.5, 0.6) is 0 Å². The molecule has 0 amide bonds. The standard InChI is InChI=1S/C14H14ClFN2O/c15-10-3-4-12(13(16)8-10)14-17-5-6-18(14)9-11-2-1-7-19-11/h3-6,8,11H,1-2,7,9H2/t11-/m0/s1. The van der Waals surface area contributed by atoms with Gasteiger partial charge in [0.15, 0.2) is 0 Å². The zero-order valence-corrected chi connectivity index (χ0v) is 11.1. The van der Waals surface area contributed by atoms with E-state index in [1.165, 1.54) is 6.07 Å². The molecule has 0 saturated carbocycles. The molecular weight excluding hydrogens is 267 g/mol. The van der Waals surface area contributed by atoms with Crippen molar-refractivity contribution in [2.24, 2.45) is 0 Å². The Hall–Kier alpha value is -1.39. The number of rotatable bonds is 3. The lowest BCUT2D eigenvalue weighted by Gasteiger charge is -2.13. The van der Waals surface area contributed by atoms with Gasteiger partial charge in [-0.1, -0.05) is 11.6 Å². The first kappa shape index (κ1) is 12.6. The second kappa shape index (κ2) is 5.31. The van der Waals surface area contributed by atoms with Gasteiger partial charge in [-0.05, 0) is 31.0 Å². The third-order valence-corrected chi connectivity index (χ3v) is 3.55. The van der Waals surface area contributed by atoms with Crippen LogP contribution >= 0.6 is 11.6 Å². The highest BCUT2D eigenvalue weighted by atomic mass is 35.5. The van der Waals surface area contributed by atoms with Crippen molar-refractivity contribution >= 4 is 11.6 Å². The van der Waals surface area contributed by atoms with Crippen molar-refractivity contribution in [1.82, 2.24) is 9.55 Å². The van der Waals surface area contributed by atoms with Crippen molar-refractivity contribution in [2.75, 3.05) is 6.61 Å². The Kier molecular flexibility index (Phi) is 3.53. The highest BCUT2D eigenvalue weighted by Crippen LogP contribution is 2.25. The van der Waals surface area contributed by atoms with Crippen molar-refractivity contribution in [2.45, 2.75) is 25.5 Å². The molecule has 1 fully saturated rings. The van der Waals surface area contributed by atoms with Crippen LogP contribution in [0.2, 0.25) is 5.02 Å². The van der Waals surface area contributed by atoms with Crippen LogP contribution in [0.25, 0.3) is 11.4 Å².